The molecule has 4 nitrogen and oxygen atoms in total. The highest BCUT2D eigenvalue weighted by molar-refractivity contribution is 5.92. The number of aromatic nitrogens is 1. The lowest BCUT2D eigenvalue weighted by Gasteiger charge is -2.24. The van der Waals surface area contributed by atoms with Gasteiger partial charge in [0, 0.05) is 18.6 Å². The summed E-state index contributed by atoms with van der Waals surface area (Å²) in [4.78, 5) is 4.31. The van der Waals surface area contributed by atoms with Gasteiger partial charge in [-0.05, 0) is 55.6 Å². The number of piperidine rings is 1. The van der Waals surface area contributed by atoms with Crippen molar-refractivity contribution < 1.29 is 4.74 Å². The molecule has 2 heterocycles. The van der Waals surface area contributed by atoms with Crippen LogP contribution in [0.3, 0.4) is 0 Å². The Kier molecular flexibility index (Phi) is 5.04. The number of benzene rings is 1. The van der Waals surface area contributed by atoms with Gasteiger partial charge >= 0.3 is 0 Å². The van der Waals surface area contributed by atoms with Gasteiger partial charge in [0.2, 0.25) is 0 Å². The molecule has 0 atom stereocenters. The van der Waals surface area contributed by atoms with E-state index in [9.17, 15) is 0 Å². The Morgan fingerprint density at radius 2 is 2.05 bits per heavy atom. The van der Waals surface area contributed by atoms with Crippen LogP contribution in [0.2, 0.25) is 0 Å². The molecule has 0 radical (unpaired) electrons. The highest BCUT2D eigenvalue weighted by atomic mass is 35.5. The molecule has 3 rings (SSSR count). The Bertz CT molecular complexity index is 570. The second-order valence-corrected chi connectivity index (χ2v) is 4.86. The third-order valence-electron chi connectivity index (χ3n) is 3.56. The van der Waals surface area contributed by atoms with Crippen LogP contribution in [0.1, 0.15) is 12.8 Å². The summed E-state index contributed by atoms with van der Waals surface area (Å²) in [5.41, 5.74) is 0. The molecule has 1 fully saturated rings. The molecule has 0 amide bonds. The first-order valence-corrected chi connectivity index (χ1v) is 6.81. The van der Waals surface area contributed by atoms with Gasteiger partial charge in [0.05, 0.1) is 0 Å². The minimum absolute atomic E-state index is 0. The first kappa shape index (κ1) is 14.9. The van der Waals surface area contributed by atoms with E-state index in [4.69, 9.17) is 4.74 Å². The molecule has 2 aromatic rings. The number of ether oxygens (including phenoxy) is 1. The van der Waals surface area contributed by atoms with Crippen LogP contribution in [-0.4, -0.2) is 31.2 Å². The van der Waals surface area contributed by atoms with E-state index in [0.717, 1.165) is 48.3 Å². The second kappa shape index (κ2) is 6.77. The Balaban J connectivity index is 0.00000147. The third kappa shape index (κ3) is 3.14. The molecule has 108 valence electrons. The zero-order chi connectivity index (χ0) is 13.1. The minimum atomic E-state index is 0. The van der Waals surface area contributed by atoms with Gasteiger partial charge in [0.1, 0.15) is 17.7 Å². The van der Waals surface area contributed by atoms with E-state index in [0.29, 0.717) is 6.10 Å². The number of hydrogen-bond donors (Lipinski definition) is 2. The van der Waals surface area contributed by atoms with Crippen LogP contribution in [0.5, 0.6) is 5.75 Å². The molecule has 1 aromatic heterocycles. The molecule has 1 saturated heterocycles. The van der Waals surface area contributed by atoms with Crippen molar-refractivity contribution in [2.75, 3.05) is 25.5 Å². The lowest BCUT2D eigenvalue weighted by Crippen LogP contribution is -2.34. The molecule has 1 aromatic carbocycles. The average molecular weight is 294 g/mol. The van der Waals surface area contributed by atoms with Crippen LogP contribution in [0, 0.1) is 0 Å². The van der Waals surface area contributed by atoms with Gasteiger partial charge in [0.25, 0.3) is 0 Å². The maximum Gasteiger partial charge on any atom is 0.133 e. The number of halogens is 1. The first-order valence-electron chi connectivity index (χ1n) is 6.81. The maximum absolute atomic E-state index is 6.06. The lowest BCUT2D eigenvalue weighted by atomic mass is 10.1. The summed E-state index contributed by atoms with van der Waals surface area (Å²) < 4.78 is 6.06. The number of rotatable bonds is 3. The van der Waals surface area contributed by atoms with Crippen molar-refractivity contribution in [2.45, 2.75) is 18.9 Å². The van der Waals surface area contributed by atoms with Crippen molar-refractivity contribution in [3.63, 3.8) is 0 Å². The molecule has 0 unspecified atom stereocenters. The molecule has 2 N–H and O–H groups in total. The van der Waals surface area contributed by atoms with Crippen LogP contribution >= 0.6 is 12.4 Å². The molecule has 1 aliphatic rings. The molecular formula is C15H20ClN3O. The number of nitrogens with one attached hydrogen (secondary N) is 2. The summed E-state index contributed by atoms with van der Waals surface area (Å²) in [6.07, 6.45) is 4.32. The molecule has 1 aliphatic heterocycles. The highest BCUT2D eigenvalue weighted by Crippen LogP contribution is 2.26. The summed E-state index contributed by atoms with van der Waals surface area (Å²) in [7, 11) is 1.89. The van der Waals surface area contributed by atoms with Gasteiger partial charge < -0.3 is 15.4 Å². The van der Waals surface area contributed by atoms with Crippen molar-refractivity contribution in [2.24, 2.45) is 0 Å². The molecule has 5 heteroatoms. The van der Waals surface area contributed by atoms with Crippen LogP contribution < -0.4 is 15.4 Å². The fraction of sp³-hybridized carbons (Fsp3) is 0.400. The van der Waals surface area contributed by atoms with Gasteiger partial charge in [-0.1, -0.05) is 0 Å². The van der Waals surface area contributed by atoms with Crippen molar-refractivity contribution in [3.8, 4) is 5.75 Å². The van der Waals surface area contributed by atoms with Crippen LogP contribution in [-0.2, 0) is 0 Å². The largest absolute Gasteiger partial charge is 0.490 e. The van der Waals surface area contributed by atoms with E-state index in [-0.39, 0.29) is 12.4 Å². The van der Waals surface area contributed by atoms with Gasteiger partial charge in [-0.15, -0.1) is 12.4 Å². The van der Waals surface area contributed by atoms with Gasteiger partial charge in [-0.3, -0.25) is 0 Å². The predicted octanol–water partition coefficient (Wildman–Crippen LogP) is 2.83. The van der Waals surface area contributed by atoms with Crippen LogP contribution in [0.4, 0.5) is 5.82 Å². The number of anilines is 1. The zero-order valence-electron chi connectivity index (χ0n) is 11.6. The van der Waals surface area contributed by atoms with Crippen molar-refractivity contribution >= 4 is 29.0 Å². The number of nitrogens with zero attached hydrogens (tertiary/aromatic N) is 1. The topological polar surface area (TPSA) is 46.2 Å². The van der Waals surface area contributed by atoms with Crippen molar-refractivity contribution in [1.82, 2.24) is 10.3 Å². The molecular weight excluding hydrogens is 274 g/mol. The molecule has 0 aliphatic carbocycles. The van der Waals surface area contributed by atoms with E-state index in [2.05, 4.69) is 27.8 Å². The average Bonchev–Trinajstić information content (AvgIpc) is 2.47. The number of pyridine rings is 1. The molecule has 0 bridgehead atoms. The van der Waals surface area contributed by atoms with Crippen LogP contribution in [0.15, 0.2) is 30.5 Å². The predicted molar refractivity (Wildman–Crippen MR) is 85.1 cm³/mol. The Morgan fingerprint density at radius 1 is 1.25 bits per heavy atom. The van der Waals surface area contributed by atoms with Gasteiger partial charge in [-0.25, -0.2) is 4.98 Å². The summed E-state index contributed by atoms with van der Waals surface area (Å²) in [6, 6.07) is 8.23. The minimum Gasteiger partial charge on any atom is -0.490 e. The van der Waals surface area contributed by atoms with E-state index in [1.165, 1.54) is 0 Å². The first-order chi connectivity index (χ1) is 9.36. The Hall–Kier alpha value is -1.52. The number of fused-ring (bicyclic) bond motifs is 1. The van der Waals surface area contributed by atoms with Gasteiger partial charge in [0.15, 0.2) is 0 Å². The fourth-order valence-corrected chi connectivity index (χ4v) is 2.53. The van der Waals surface area contributed by atoms with Crippen molar-refractivity contribution in [1.29, 1.82) is 0 Å². The summed E-state index contributed by atoms with van der Waals surface area (Å²) in [5, 5.41) is 8.74. The summed E-state index contributed by atoms with van der Waals surface area (Å²) in [5.74, 6) is 1.86. The van der Waals surface area contributed by atoms with E-state index in [1.54, 1.807) is 0 Å². The summed E-state index contributed by atoms with van der Waals surface area (Å²) >= 11 is 0. The highest BCUT2D eigenvalue weighted by Gasteiger charge is 2.14. The smallest absolute Gasteiger partial charge is 0.133 e. The molecule has 0 saturated carbocycles. The quantitative estimate of drug-likeness (QED) is 0.913. The van der Waals surface area contributed by atoms with E-state index >= 15 is 0 Å². The fourth-order valence-electron chi connectivity index (χ4n) is 2.53. The lowest BCUT2D eigenvalue weighted by molar-refractivity contribution is 0.162. The van der Waals surface area contributed by atoms with Crippen LogP contribution in [0.25, 0.3) is 10.8 Å². The maximum atomic E-state index is 6.06. The summed E-state index contributed by atoms with van der Waals surface area (Å²) in [6.45, 7) is 2.10. The SMILES string of the molecule is CNc1nccc2cc(OC3CCNCC3)ccc12.Cl. The van der Waals surface area contributed by atoms with E-state index < -0.39 is 0 Å². The second-order valence-electron chi connectivity index (χ2n) is 4.86. The normalized spacial score (nSPS) is 15.7. The Morgan fingerprint density at radius 3 is 2.80 bits per heavy atom. The zero-order valence-corrected chi connectivity index (χ0v) is 12.4. The standard InChI is InChI=1S/C15H19N3O.ClH/c1-16-15-14-3-2-13(10-11(14)4-9-18-15)19-12-5-7-17-8-6-12;/h2-4,9-10,12,17H,5-8H2,1H3,(H,16,18);1H. The molecule has 20 heavy (non-hydrogen) atoms. The Labute approximate surface area is 125 Å². The number of hydrogen-bond acceptors (Lipinski definition) is 4. The van der Waals surface area contributed by atoms with Crippen molar-refractivity contribution in [3.05, 3.63) is 30.5 Å². The van der Waals surface area contributed by atoms with Gasteiger partial charge in [-0.2, -0.15) is 0 Å². The molecule has 0 spiro atoms. The monoisotopic (exact) mass is 293 g/mol. The third-order valence-corrected chi connectivity index (χ3v) is 3.56. The van der Waals surface area contributed by atoms with E-state index in [1.807, 2.05) is 25.4 Å².